The summed E-state index contributed by atoms with van der Waals surface area (Å²) in [5.41, 5.74) is 2.17. The molecule has 0 aliphatic carbocycles. The van der Waals surface area contributed by atoms with Gasteiger partial charge in [-0.3, -0.25) is 0 Å². The quantitative estimate of drug-likeness (QED) is 0.407. The van der Waals surface area contributed by atoms with Crippen molar-refractivity contribution < 1.29 is 18.3 Å². The second-order valence-corrected chi connectivity index (χ2v) is 6.81. The highest BCUT2D eigenvalue weighted by molar-refractivity contribution is 9.10. The Kier molecular flexibility index (Phi) is 5.81. The van der Waals surface area contributed by atoms with Crippen LogP contribution < -0.4 is 0 Å². The van der Waals surface area contributed by atoms with Crippen molar-refractivity contribution >= 4 is 28.0 Å². The van der Waals surface area contributed by atoms with Gasteiger partial charge in [-0.25, -0.2) is 9.18 Å². The van der Waals surface area contributed by atoms with Gasteiger partial charge in [0.2, 0.25) is 5.89 Å². The Labute approximate surface area is 164 Å². The van der Waals surface area contributed by atoms with Gasteiger partial charge in [0.1, 0.15) is 5.82 Å². The fourth-order valence-electron chi connectivity index (χ4n) is 2.28. The number of hydrogen-bond donors (Lipinski definition) is 0. The molecule has 27 heavy (non-hydrogen) atoms. The summed E-state index contributed by atoms with van der Waals surface area (Å²) in [6.45, 7) is 3.61. The van der Waals surface area contributed by atoms with E-state index in [0.29, 0.717) is 10.4 Å². The van der Waals surface area contributed by atoms with E-state index in [2.05, 4.69) is 26.1 Å². The highest BCUT2D eigenvalue weighted by atomic mass is 79.9. The zero-order valence-corrected chi connectivity index (χ0v) is 16.2. The molecule has 7 heteroatoms. The van der Waals surface area contributed by atoms with Gasteiger partial charge in [0.05, 0.1) is 0 Å². The zero-order chi connectivity index (χ0) is 19.4. The van der Waals surface area contributed by atoms with Crippen LogP contribution in [-0.2, 0) is 9.53 Å². The van der Waals surface area contributed by atoms with Crippen LogP contribution in [0.15, 0.2) is 57.4 Å². The Bertz CT molecular complexity index is 983. The van der Waals surface area contributed by atoms with E-state index in [1.54, 1.807) is 19.1 Å². The minimum Gasteiger partial charge on any atom is -0.449 e. The Hall–Kier alpha value is -2.80. The van der Waals surface area contributed by atoms with Crippen LogP contribution in [0.2, 0.25) is 0 Å². The van der Waals surface area contributed by atoms with E-state index >= 15 is 0 Å². The van der Waals surface area contributed by atoms with E-state index in [4.69, 9.17) is 9.15 Å². The van der Waals surface area contributed by atoms with Crippen molar-refractivity contribution in [2.45, 2.75) is 20.0 Å². The number of aryl methyl sites for hydroxylation is 1. The number of ether oxygens (including phenoxy) is 1. The van der Waals surface area contributed by atoms with Gasteiger partial charge in [0.25, 0.3) is 5.89 Å². The first-order chi connectivity index (χ1) is 12.9. The molecule has 1 heterocycles. The molecule has 3 rings (SSSR count). The third-order valence-electron chi connectivity index (χ3n) is 3.74. The first-order valence-corrected chi connectivity index (χ1v) is 8.96. The lowest BCUT2D eigenvalue weighted by molar-refractivity contribution is -0.143. The molecule has 0 saturated heterocycles. The summed E-state index contributed by atoms with van der Waals surface area (Å²) in [5.74, 6) is -0.549. The number of halogens is 2. The van der Waals surface area contributed by atoms with Crippen LogP contribution >= 0.6 is 15.9 Å². The third kappa shape index (κ3) is 4.89. The van der Waals surface area contributed by atoms with Crippen molar-refractivity contribution in [2.24, 2.45) is 0 Å². The summed E-state index contributed by atoms with van der Waals surface area (Å²) in [4.78, 5) is 12.0. The van der Waals surface area contributed by atoms with E-state index in [-0.39, 0.29) is 11.5 Å². The van der Waals surface area contributed by atoms with Gasteiger partial charge in [-0.2, -0.15) is 0 Å². The van der Waals surface area contributed by atoms with E-state index in [1.165, 1.54) is 12.1 Å². The highest BCUT2D eigenvalue weighted by Gasteiger charge is 2.18. The Morgan fingerprint density at radius 1 is 1.22 bits per heavy atom. The molecule has 0 fully saturated rings. The number of rotatable bonds is 5. The van der Waals surface area contributed by atoms with Crippen molar-refractivity contribution in [3.8, 4) is 11.5 Å². The predicted octanol–water partition coefficient (Wildman–Crippen LogP) is 5.26. The largest absolute Gasteiger partial charge is 0.449 e. The van der Waals surface area contributed by atoms with Crippen molar-refractivity contribution in [3.05, 3.63) is 75.8 Å². The molecule has 0 bridgehead atoms. The summed E-state index contributed by atoms with van der Waals surface area (Å²) >= 11 is 3.26. The zero-order valence-electron chi connectivity index (χ0n) is 14.6. The molecular weight excluding hydrogens is 415 g/mol. The number of carbonyl (C=O) groups excluding carboxylic acids is 1. The lowest BCUT2D eigenvalue weighted by Gasteiger charge is -2.07. The lowest BCUT2D eigenvalue weighted by Crippen LogP contribution is -2.06. The molecule has 138 valence electrons. The fraction of sp³-hybridized carbons (Fsp3) is 0.150. The van der Waals surface area contributed by atoms with Crippen molar-refractivity contribution in [3.63, 3.8) is 0 Å². The maximum absolute atomic E-state index is 13.7. The number of benzene rings is 2. The molecule has 0 radical (unpaired) electrons. The summed E-state index contributed by atoms with van der Waals surface area (Å²) in [5, 5.41) is 7.91. The Morgan fingerprint density at radius 3 is 2.70 bits per heavy atom. The summed E-state index contributed by atoms with van der Waals surface area (Å²) in [7, 11) is 0. The fourth-order valence-corrected chi connectivity index (χ4v) is 2.65. The van der Waals surface area contributed by atoms with Gasteiger partial charge in [-0.1, -0.05) is 33.6 Å². The van der Waals surface area contributed by atoms with Gasteiger partial charge in [0, 0.05) is 21.7 Å². The first kappa shape index (κ1) is 19.0. The van der Waals surface area contributed by atoms with E-state index in [0.717, 1.165) is 17.2 Å². The molecule has 2 aromatic carbocycles. The van der Waals surface area contributed by atoms with Crippen molar-refractivity contribution in [1.29, 1.82) is 0 Å². The average molecular weight is 431 g/mol. The number of hydrogen-bond acceptors (Lipinski definition) is 5. The van der Waals surface area contributed by atoms with Crippen LogP contribution in [0.3, 0.4) is 0 Å². The molecule has 0 amide bonds. The highest BCUT2D eigenvalue weighted by Crippen LogP contribution is 2.23. The van der Waals surface area contributed by atoms with Crippen molar-refractivity contribution in [2.75, 3.05) is 0 Å². The molecule has 0 spiro atoms. The molecule has 0 N–H and O–H groups in total. The second-order valence-electron chi connectivity index (χ2n) is 5.89. The lowest BCUT2D eigenvalue weighted by atomic mass is 10.1. The average Bonchev–Trinajstić information content (AvgIpc) is 3.13. The van der Waals surface area contributed by atoms with Crippen LogP contribution in [-0.4, -0.2) is 16.2 Å². The molecule has 1 atom stereocenters. The topological polar surface area (TPSA) is 65.2 Å². The molecule has 3 aromatic rings. The predicted molar refractivity (Wildman–Crippen MR) is 102 cm³/mol. The third-order valence-corrected chi connectivity index (χ3v) is 4.23. The molecule has 5 nitrogen and oxygen atoms in total. The first-order valence-electron chi connectivity index (χ1n) is 8.16. The molecule has 1 aromatic heterocycles. The smallest absolute Gasteiger partial charge is 0.331 e. The minimum atomic E-state index is -0.735. The second kappa shape index (κ2) is 8.26. The normalized spacial score (nSPS) is 12.3. The van der Waals surface area contributed by atoms with Gasteiger partial charge >= 0.3 is 5.97 Å². The summed E-state index contributed by atoms with van der Waals surface area (Å²) in [6.07, 6.45) is 1.76. The standard InChI is InChI=1S/C20H16BrFN2O3/c1-12-3-5-14(6-4-12)20-24-23-19(27-20)13(2)26-18(25)10-7-15-11-16(21)8-9-17(15)22/h3-11,13H,1-2H3/b10-7+. The number of esters is 1. The molecule has 0 saturated carbocycles. The number of nitrogens with zero attached hydrogens (tertiary/aromatic N) is 2. The Morgan fingerprint density at radius 2 is 1.96 bits per heavy atom. The number of carbonyl (C=O) groups is 1. The summed E-state index contributed by atoms with van der Waals surface area (Å²) in [6, 6.07) is 12.1. The minimum absolute atomic E-state index is 0.181. The summed E-state index contributed by atoms with van der Waals surface area (Å²) < 4.78 is 25.2. The van der Waals surface area contributed by atoms with Crippen LogP contribution in [0.4, 0.5) is 4.39 Å². The van der Waals surface area contributed by atoms with Crippen molar-refractivity contribution in [1.82, 2.24) is 10.2 Å². The van der Waals surface area contributed by atoms with Gasteiger partial charge in [-0.15, -0.1) is 10.2 Å². The van der Waals surface area contributed by atoms with Crippen LogP contribution in [0.5, 0.6) is 0 Å². The molecule has 0 aliphatic rings. The van der Waals surface area contributed by atoms with Gasteiger partial charge in [0.15, 0.2) is 6.10 Å². The van der Waals surface area contributed by atoms with Crippen LogP contribution in [0, 0.1) is 12.7 Å². The molecular formula is C20H16BrFN2O3. The monoisotopic (exact) mass is 430 g/mol. The maximum atomic E-state index is 13.7. The van der Waals surface area contributed by atoms with E-state index in [1.807, 2.05) is 31.2 Å². The SMILES string of the molecule is Cc1ccc(-c2nnc(C(C)OC(=O)/C=C/c3cc(Br)ccc3F)o2)cc1. The van der Waals surface area contributed by atoms with E-state index < -0.39 is 17.9 Å². The number of aromatic nitrogens is 2. The Balaban J connectivity index is 1.65. The maximum Gasteiger partial charge on any atom is 0.331 e. The molecule has 1 unspecified atom stereocenters. The van der Waals surface area contributed by atoms with Crippen LogP contribution in [0.1, 0.15) is 30.0 Å². The van der Waals surface area contributed by atoms with Crippen LogP contribution in [0.25, 0.3) is 17.5 Å². The molecule has 0 aliphatic heterocycles. The van der Waals surface area contributed by atoms with Gasteiger partial charge < -0.3 is 9.15 Å². The van der Waals surface area contributed by atoms with E-state index in [9.17, 15) is 9.18 Å². The van der Waals surface area contributed by atoms with Gasteiger partial charge in [-0.05, 0) is 50.3 Å².